The summed E-state index contributed by atoms with van der Waals surface area (Å²) in [4.78, 5) is 11.3. The van der Waals surface area contributed by atoms with Crippen molar-refractivity contribution in [2.24, 2.45) is 0 Å². The zero-order chi connectivity index (χ0) is 15.6. The summed E-state index contributed by atoms with van der Waals surface area (Å²) < 4.78 is 22.5. The predicted molar refractivity (Wildman–Crippen MR) is 73.3 cm³/mol. The third-order valence-corrected chi connectivity index (χ3v) is 3.44. The van der Waals surface area contributed by atoms with Crippen molar-refractivity contribution in [3.05, 3.63) is 12.7 Å². The van der Waals surface area contributed by atoms with Crippen LogP contribution < -0.4 is 5.32 Å². The molecule has 0 aromatic rings. The van der Waals surface area contributed by atoms with Crippen LogP contribution in [0.5, 0.6) is 0 Å². The van der Waals surface area contributed by atoms with Crippen LogP contribution in [0.4, 0.5) is 0 Å². The summed E-state index contributed by atoms with van der Waals surface area (Å²) in [6, 6.07) is -0.711. The molecule has 1 amide bonds. The second-order valence-corrected chi connectivity index (χ2v) is 5.68. The SMILES string of the molecule is C=CCO[C@H]1O[C@@H]2COC(C)(C)O[C@H]2[C@@H](O)[C@H]1NC(C)=O. The van der Waals surface area contributed by atoms with Crippen LogP contribution in [0, 0.1) is 0 Å². The monoisotopic (exact) mass is 301 g/mol. The van der Waals surface area contributed by atoms with Crippen LogP contribution in [0.3, 0.4) is 0 Å². The van der Waals surface area contributed by atoms with E-state index in [0.29, 0.717) is 0 Å². The largest absolute Gasteiger partial charge is 0.388 e. The summed E-state index contributed by atoms with van der Waals surface area (Å²) in [6.45, 7) is 9.01. The van der Waals surface area contributed by atoms with Gasteiger partial charge in [-0.15, -0.1) is 6.58 Å². The molecule has 2 N–H and O–H groups in total. The average molecular weight is 301 g/mol. The maximum Gasteiger partial charge on any atom is 0.217 e. The van der Waals surface area contributed by atoms with Crippen LogP contribution in [-0.2, 0) is 23.7 Å². The second kappa shape index (κ2) is 6.41. The maximum absolute atomic E-state index is 11.3. The molecule has 7 heteroatoms. The van der Waals surface area contributed by atoms with Gasteiger partial charge in [-0.2, -0.15) is 0 Å². The molecule has 2 rings (SSSR count). The van der Waals surface area contributed by atoms with E-state index in [2.05, 4.69) is 11.9 Å². The van der Waals surface area contributed by atoms with Gasteiger partial charge in [-0.25, -0.2) is 0 Å². The number of hydrogen-bond acceptors (Lipinski definition) is 6. The topological polar surface area (TPSA) is 86.2 Å². The van der Waals surface area contributed by atoms with E-state index < -0.39 is 36.4 Å². The van der Waals surface area contributed by atoms with Crippen molar-refractivity contribution in [3.8, 4) is 0 Å². The number of rotatable bonds is 4. The maximum atomic E-state index is 11.3. The Balaban J connectivity index is 2.14. The average Bonchev–Trinajstić information content (AvgIpc) is 2.40. The van der Waals surface area contributed by atoms with Gasteiger partial charge in [0.25, 0.3) is 0 Å². The Bertz CT molecular complexity index is 399. The Morgan fingerprint density at radius 3 is 2.90 bits per heavy atom. The number of ether oxygens (including phenoxy) is 4. The van der Waals surface area contributed by atoms with Gasteiger partial charge in [0.1, 0.15) is 24.4 Å². The lowest BCUT2D eigenvalue weighted by atomic mass is 9.95. The van der Waals surface area contributed by atoms with Crippen LogP contribution in [0.1, 0.15) is 20.8 Å². The number of amides is 1. The number of aliphatic hydroxyl groups excluding tert-OH is 1. The molecule has 2 aliphatic heterocycles. The van der Waals surface area contributed by atoms with Crippen molar-refractivity contribution in [3.63, 3.8) is 0 Å². The van der Waals surface area contributed by atoms with Crippen molar-refractivity contribution >= 4 is 5.91 Å². The van der Waals surface area contributed by atoms with Crippen LogP contribution in [0.2, 0.25) is 0 Å². The Kier molecular flexibility index (Phi) is 5.00. The van der Waals surface area contributed by atoms with E-state index in [0.717, 1.165) is 0 Å². The van der Waals surface area contributed by atoms with Gasteiger partial charge in [0.05, 0.1) is 13.2 Å². The van der Waals surface area contributed by atoms with E-state index in [1.54, 1.807) is 19.9 Å². The van der Waals surface area contributed by atoms with Crippen LogP contribution in [0.15, 0.2) is 12.7 Å². The number of carbonyl (C=O) groups is 1. The predicted octanol–water partition coefficient (Wildman–Crippen LogP) is -0.0690. The highest BCUT2D eigenvalue weighted by atomic mass is 16.8. The van der Waals surface area contributed by atoms with Crippen molar-refractivity contribution < 1.29 is 28.8 Å². The van der Waals surface area contributed by atoms with Crippen LogP contribution in [0.25, 0.3) is 0 Å². The van der Waals surface area contributed by atoms with Gasteiger partial charge in [0.2, 0.25) is 5.91 Å². The molecule has 21 heavy (non-hydrogen) atoms. The first-order chi connectivity index (χ1) is 9.84. The number of nitrogens with one attached hydrogen (secondary N) is 1. The van der Waals surface area contributed by atoms with Crippen LogP contribution in [-0.4, -0.2) is 60.7 Å². The molecule has 0 spiro atoms. The first-order valence-electron chi connectivity index (χ1n) is 6.99. The molecule has 0 aromatic heterocycles. The normalized spacial score (nSPS) is 38.4. The third kappa shape index (κ3) is 3.81. The summed E-state index contributed by atoms with van der Waals surface area (Å²) in [5.74, 6) is -1.08. The minimum atomic E-state index is -0.953. The van der Waals surface area contributed by atoms with Crippen molar-refractivity contribution in [2.45, 2.75) is 57.2 Å². The number of aliphatic hydroxyl groups is 1. The molecule has 0 radical (unpaired) electrons. The summed E-state index contributed by atoms with van der Waals surface area (Å²) in [7, 11) is 0. The van der Waals surface area contributed by atoms with Gasteiger partial charge in [0, 0.05) is 6.92 Å². The highest BCUT2D eigenvalue weighted by Crippen LogP contribution is 2.32. The minimum absolute atomic E-state index is 0.248. The number of fused-ring (bicyclic) bond motifs is 1. The summed E-state index contributed by atoms with van der Waals surface area (Å²) in [5.41, 5.74) is 0. The number of hydrogen-bond donors (Lipinski definition) is 2. The van der Waals surface area contributed by atoms with E-state index >= 15 is 0 Å². The molecule has 0 aliphatic carbocycles. The smallest absolute Gasteiger partial charge is 0.217 e. The molecule has 0 unspecified atom stereocenters. The number of carbonyl (C=O) groups excluding carboxylic acids is 1. The van der Waals surface area contributed by atoms with Crippen molar-refractivity contribution in [1.29, 1.82) is 0 Å². The van der Waals surface area contributed by atoms with E-state index in [9.17, 15) is 9.90 Å². The first kappa shape index (κ1) is 16.4. The lowest BCUT2D eigenvalue weighted by Gasteiger charge is -2.49. The van der Waals surface area contributed by atoms with Gasteiger partial charge < -0.3 is 29.4 Å². The standard InChI is InChI=1S/C14H23NO6/c1-5-6-18-13-10(15-8(2)16)11(17)12-9(20-13)7-19-14(3,4)21-12/h5,9-13,17H,1,6-7H2,2-4H3,(H,15,16)/t9-,10-,11+,12-,13+/m1/s1. The molecule has 0 aromatic carbocycles. The first-order valence-corrected chi connectivity index (χ1v) is 6.99. The Morgan fingerprint density at radius 1 is 1.57 bits per heavy atom. The van der Waals surface area contributed by atoms with E-state index in [-0.39, 0.29) is 19.1 Å². The zero-order valence-electron chi connectivity index (χ0n) is 12.6. The lowest BCUT2D eigenvalue weighted by molar-refractivity contribution is -0.368. The van der Waals surface area contributed by atoms with E-state index in [4.69, 9.17) is 18.9 Å². The molecule has 5 atom stereocenters. The molecular weight excluding hydrogens is 278 g/mol. The van der Waals surface area contributed by atoms with E-state index in [1.165, 1.54) is 6.92 Å². The Morgan fingerprint density at radius 2 is 2.29 bits per heavy atom. The zero-order valence-corrected chi connectivity index (χ0v) is 12.6. The molecular formula is C14H23NO6. The van der Waals surface area contributed by atoms with Crippen molar-refractivity contribution in [1.82, 2.24) is 5.32 Å². The highest BCUT2D eigenvalue weighted by molar-refractivity contribution is 5.73. The summed E-state index contributed by atoms with van der Waals surface area (Å²) >= 11 is 0. The molecule has 2 saturated heterocycles. The lowest BCUT2D eigenvalue weighted by Crippen LogP contribution is -2.68. The summed E-state index contributed by atoms with van der Waals surface area (Å²) in [5, 5.41) is 13.2. The van der Waals surface area contributed by atoms with Crippen LogP contribution >= 0.6 is 0 Å². The second-order valence-electron chi connectivity index (χ2n) is 5.68. The Labute approximate surface area is 124 Å². The molecule has 7 nitrogen and oxygen atoms in total. The van der Waals surface area contributed by atoms with Crippen molar-refractivity contribution in [2.75, 3.05) is 13.2 Å². The summed E-state index contributed by atoms with van der Waals surface area (Å²) in [6.07, 6.45) is -1.20. The van der Waals surface area contributed by atoms with Gasteiger partial charge in [-0.3, -0.25) is 4.79 Å². The fraction of sp³-hybridized carbons (Fsp3) is 0.786. The van der Waals surface area contributed by atoms with E-state index in [1.807, 2.05) is 0 Å². The van der Waals surface area contributed by atoms with Gasteiger partial charge >= 0.3 is 0 Å². The molecule has 120 valence electrons. The fourth-order valence-corrected chi connectivity index (χ4v) is 2.54. The molecule has 0 saturated carbocycles. The third-order valence-electron chi connectivity index (χ3n) is 3.44. The van der Waals surface area contributed by atoms with Gasteiger partial charge in [0.15, 0.2) is 12.1 Å². The highest BCUT2D eigenvalue weighted by Gasteiger charge is 2.51. The van der Waals surface area contributed by atoms with Gasteiger partial charge in [-0.05, 0) is 13.8 Å². The fourth-order valence-electron chi connectivity index (χ4n) is 2.54. The Hall–Kier alpha value is -0.990. The van der Waals surface area contributed by atoms with Gasteiger partial charge in [-0.1, -0.05) is 6.08 Å². The molecule has 2 heterocycles. The molecule has 0 bridgehead atoms. The molecule has 2 aliphatic rings. The molecule has 2 fully saturated rings. The minimum Gasteiger partial charge on any atom is -0.388 e. The quantitative estimate of drug-likeness (QED) is 0.707.